The molecule has 0 aliphatic carbocycles. The molecule has 4 nitrogen and oxygen atoms in total. The van der Waals surface area contributed by atoms with E-state index in [-0.39, 0.29) is 12.6 Å². The number of ether oxygens (including phenoxy) is 1. The third-order valence-electron chi connectivity index (χ3n) is 2.47. The van der Waals surface area contributed by atoms with Gasteiger partial charge in [-0.25, -0.2) is 9.78 Å². The van der Waals surface area contributed by atoms with E-state index < -0.39 is 0 Å². The van der Waals surface area contributed by atoms with Crippen molar-refractivity contribution in [2.24, 2.45) is 0 Å². The Morgan fingerprint density at radius 1 is 1.58 bits per heavy atom. The number of hydrogen-bond donors (Lipinski definition) is 0. The maximum Gasteiger partial charge on any atom is 0.330 e. The minimum atomic E-state index is -0.359. The molecule has 5 heteroatoms. The molecule has 0 fully saturated rings. The number of thiophene rings is 1. The van der Waals surface area contributed by atoms with Crippen molar-refractivity contribution in [1.29, 1.82) is 0 Å². The van der Waals surface area contributed by atoms with Crippen LogP contribution in [0.4, 0.5) is 0 Å². The summed E-state index contributed by atoms with van der Waals surface area (Å²) in [6, 6.07) is 3.88. The number of hydrogen-bond acceptors (Lipinski definition) is 5. The maximum absolute atomic E-state index is 11.4. The van der Waals surface area contributed by atoms with Crippen molar-refractivity contribution in [3.8, 4) is 10.8 Å². The first-order chi connectivity index (χ1) is 9.20. The molecule has 0 bridgehead atoms. The highest BCUT2D eigenvalue weighted by molar-refractivity contribution is 7.13. The van der Waals surface area contributed by atoms with Crippen LogP contribution in [0.1, 0.15) is 24.8 Å². The SMILES string of the molecule is CC/C=C/C(=O)OCc1nc(-c2cccs2)oc1C. The van der Waals surface area contributed by atoms with Crippen LogP contribution in [0.5, 0.6) is 0 Å². The summed E-state index contributed by atoms with van der Waals surface area (Å²) in [5.41, 5.74) is 0.654. The van der Waals surface area contributed by atoms with Crippen LogP contribution in [0, 0.1) is 6.92 Å². The van der Waals surface area contributed by atoms with Crippen LogP contribution >= 0.6 is 11.3 Å². The number of aryl methyl sites for hydroxylation is 1. The Labute approximate surface area is 115 Å². The highest BCUT2D eigenvalue weighted by atomic mass is 32.1. The second kappa shape index (κ2) is 6.33. The van der Waals surface area contributed by atoms with Gasteiger partial charge in [0.25, 0.3) is 0 Å². The molecule has 0 saturated carbocycles. The normalized spacial score (nSPS) is 11.1. The molecule has 0 N–H and O–H groups in total. The average molecular weight is 277 g/mol. The van der Waals surface area contributed by atoms with Crippen LogP contribution in [0.15, 0.2) is 34.1 Å². The van der Waals surface area contributed by atoms with E-state index in [0.717, 1.165) is 11.3 Å². The summed E-state index contributed by atoms with van der Waals surface area (Å²) in [4.78, 5) is 16.7. The van der Waals surface area contributed by atoms with Crippen LogP contribution in [0.25, 0.3) is 10.8 Å². The monoisotopic (exact) mass is 277 g/mol. The highest BCUT2D eigenvalue weighted by Crippen LogP contribution is 2.26. The Kier molecular flexibility index (Phi) is 4.52. The van der Waals surface area contributed by atoms with Crippen LogP contribution in [-0.4, -0.2) is 11.0 Å². The molecule has 0 aliphatic heterocycles. The van der Waals surface area contributed by atoms with Gasteiger partial charge in [0.15, 0.2) is 0 Å². The Morgan fingerprint density at radius 2 is 2.42 bits per heavy atom. The van der Waals surface area contributed by atoms with Crippen LogP contribution in [0.2, 0.25) is 0 Å². The summed E-state index contributed by atoms with van der Waals surface area (Å²) in [5.74, 6) is 0.889. The van der Waals surface area contributed by atoms with Gasteiger partial charge >= 0.3 is 5.97 Å². The van der Waals surface area contributed by atoms with E-state index in [9.17, 15) is 4.79 Å². The highest BCUT2D eigenvalue weighted by Gasteiger charge is 2.13. The summed E-state index contributed by atoms with van der Waals surface area (Å²) in [5, 5.41) is 1.96. The van der Waals surface area contributed by atoms with E-state index in [1.165, 1.54) is 6.08 Å². The summed E-state index contributed by atoms with van der Waals surface area (Å²) in [6.07, 6.45) is 3.99. The third kappa shape index (κ3) is 3.54. The molecule has 2 aromatic rings. The fourth-order valence-electron chi connectivity index (χ4n) is 1.47. The number of oxazole rings is 1. The quantitative estimate of drug-likeness (QED) is 0.617. The van der Waals surface area contributed by atoms with Crippen molar-refractivity contribution in [2.45, 2.75) is 26.9 Å². The average Bonchev–Trinajstić information content (AvgIpc) is 3.03. The Morgan fingerprint density at radius 3 is 3.11 bits per heavy atom. The van der Waals surface area contributed by atoms with E-state index >= 15 is 0 Å². The Hall–Kier alpha value is -1.88. The first kappa shape index (κ1) is 13.5. The standard InChI is InChI=1S/C14H15NO3S/c1-3-4-7-13(16)17-9-11-10(2)18-14(15-11)12-6-5-8-19-12/h4-8H,3,9H2,1-2H3/b7-4+. The number of nitrogens with zero attached hydrogens (tertiary/aromatic N) is 1. The second-order valence-corrected chi connectivity index (χ2v) is 4.87. The fraction of sp³-hybridized carbons (Fsp3) is 0.286. The lowest BCUT2D eigenvalue weighted by Gasteiger charge is -1.98. The van der Waals surface area contributed by atoms with Gasteiger partial charge in [0, 0.05) is 6.08 Å². The minimum Gasteiger partial charge on any atom is -0.456 e. The van der Waals surface area contributed by atoms with Crippen molar-refractivity contribution in [2.75, 3.05) is 0 Å². The largest absolute Gasteiger partial charge is 0.456 e. The molecular weight excluding hydrogens is 262 g/mol. The molecule has 0 saturated heterocycles. The van der Waals surface area contributed by atoms with E-state index in [1.54, 1.807) is 17.4 Å². The van der Waals surface area contributed by atoms with E-state index in [0.29, 0.717) is 17.3 Å². The predicted octanol–water partition coefficient (Wildman–Crippen LogP) is 3.72. The second-order valence-electron chi connectivity index (χ2n) is 3.92. The summed E-state index contributed by atoms with van der Waals surface area (Å²) >= 11 is 1.56. The van der Waals surface area contributed by atoms with E-state index in [4.69, 9.17) is 9.15 Å². The molecule has 0 radical (unpaired) electrons. The van der Waals surface area contributed by atoms with Gasteiger partial charge in [-0.3, -0.25) is 0 Å². The van der Waals surface area contributed by atoms with Crippen molar-refractivity contribution in [3.63, 3.8) is 0 Å². The van der Waals surface area contributed by atoms with Crippen LogP contribution in [-0.2, 0) is 16.1 Å². The Bertz CT molecular complexity index is 570. The zero-order valence-electron chi connectivity index (χ0n) is 10.9. The zero-order valence-corrected chi connectivity index (χ0v) is 11.7. The lowest BCUT2D eigenvalue weighted by molar-refractivity contribution is -0.139. The molecule has 0 aliphatic rings. The van der Waals surface area contributed by atoms with Crippen LogP contribution in [0.3, 0.4) is 0 Å². The molecule has 0 amide bonds. The number of esters is 1. The molecule has 19 heavy (non-hydrogen) atoms. The third-order valence-corrected chi connectivity index (χ3v) is 3.32. The van der Waals surface area contributed by atoms with Gasteiger partial charge in [0.2, 0.25) is 5.89 Å². The van der Waals surface area contributed by atoms with Gasteiger partial charge < -0.3 is 9.15 Å². The van der Waals surface area contributed by atoms with E-state index in [2.05, 4.69) is 4.98 Å². The number of aromatic nitrogens is 1. The lowest BCUT2D eigenvalue weighted by atomic mass is 10.4. The molecule has 0 spiro atoms. The molecule has 100 valence electrons. The topological polar surface area (TPSA) is 52.3 Å². The predicted molar refractivity (Wildman–Crippen MR) is 73.8 cm³/mol. The van der Waals surface area contributed by atoms with Crippen molar-refractivity contribution in [1.82, 2.24) is 4.98 Å². The van der Waals surface area contributed by atoms with Gasteiger partial charge in [-0.2, -0.15) is 0 Å². The summed E-state index contributed by atoms with van der Waals surface area (Å²) < 4.78 is 10.7. The number of rotatable bonds is 5. The van der Waals surface area contributed by atoms with Crippen molar-refractivity contribution in [3.05, 3.63) is 41.1 Å². The first-order valence-electron chi connectivity index (χ1n) is 6.04. The molecule has 0 aromatic carbocycles. The van der Waals surface area contributed by atoms with Gasteiger partial charge in [0.1, 0.15) is 18.1 Å². The van der Waals surface area contributed by atoms with Gasteiger partial charge in [-0.1, -0.05) is 19.1 Å². The summed E-state index contributed by atoms with van der Waals surface area (Å²) in [7, 11) is 0. The Balaban J connectivity index is 2.02. The number of carbonyl (C=O) groups excluding carboxylic acids is 1. The molecule has 0 atom stereocenters. The number of carbonyl (C=O) groups is 1. The molecule has 2 rings (SSSR count). The smallest absolute Gasteiger partial charge is 0.330 e. The zero-order chi connectivity index (χ0) is 13.7. The van der Waals surface area contributed by atoms with Crippen molar-refractivity contribution < 1.29 is 13.9 Å². The van der Waals surface area contributed by atoms with Gasteiger partial charge in [-0.05, 0) is 24.8 Å². The fourth-order valence-corrected chi connectivity index (χ4v) is 2.12. The molecule has 0 unspecified atom stereocenters. The first-order valence-corrected chi connectivity index (χ1v) is 6.92. The lowest BCUT2D eigenvalue weighted by Crippen LogP contribution is -2.01. The van der Waals surface area contributed by atoms with E-state index in [1.807, 2.05) is 31.4 Å². The van der Waals surface area contributed by atoms with Gasteiger partial charge in [0.05, 0.1) is 4.88 Å². The number of allylic oxidation sites excluding steroid dienone is 1. The molecule has 2 aromatic heterocycles. The summed E-state index contributed by atoms with van der Waals surface area (Å²) in [6.45, 7) is 3.90. The minimum absolute atomic E-state index is 0.133. The molecule has 2 heterocycles. The van der Waals surface area contributed by atoms with Gasteiger partial charge in [-0.15, -0.1) is 11.3 Å². The van der Waals surface area contributed by atoms with Crippen molar-refractivity contribution >= 4 is 17.3 Å². The molecular formula is C14H15NO3S. The van der Waals surface area contributed by atoms with Crippen LogP contribution < -0.4 is 0 Å². The maximum atomic E-state index is 11.4.